The number of Topliss-reactive ketones (excluding diaryl/α,β-unsaturated/α-hetero) is 1. The molecule has 0 aliphatic carbocycles. The Morgan fingerprint density at radius 3 is 2.94 bits per heavy atom. The number of fused-ring (bicyclic) bond motifs is 1. The molecule has 3 nitrogen and oxygen atoms in total. The normalized spacial score (nSPS) is 17.3. The highest BCUT2D eigenvalue weighted by Crippen LogP contribution is 2.39. The van der Waals surface area contributed by atoms with Crippen molar-refractivity contribution in [1.29, 1.82) is 0 Å². The van der Waals surface area contributed by atoms with E-state index < -0.39 is 0 Å². The molecule has 3 rings (SSSR count). The van der Waals surface area contributed by atoms with Crippen LogP contribution in [-0.2, 0) is 0 Å². The average molecular weight is 259 g/mol. The fraction of sp³-hybridized carbons (Fsp3) is 0.286. The molecule has 1 aromatic heterocycles. The van der Waals surface area contributed by atoms with E-state index in [2.05, 4.69) is 11.1 Å². The molecule has 1 aliphatic rings. The van der Waals surface area contributed by atoms with Gasteiger partial charge in [-0.05, 0) is 13.0 Å². The first-order chi connectivity index (χ1) is 8.66. The number of aromatic nitrogens is 1. The van der Waals surface area contributed by atoms with E-state index in [1.54, 1.807) is 6.92 Å². The molecule has 0 saturated heterocycles. The first-order valence-electron chi connectivity index (χ1n) is 5.87. The van der Waals surface area contributed by atoms with Crippen LogP contribution in [0.15, 0.2) is 24.3 Å². The third kappa shape index (κ3) is 1.73. The van der Waals surface area contributed by atoms with Gasteiger partial charge in [-0.2, -0.15) is 0 Å². The lowest BCUT2D eigenvalue weighted by atomic mass is 10.0. The number of ether oxygens (including phenoxy) is 1. The Morgan fingerprint density at radius 2 is 2.22 bits per heavy atom. The summed E-state index contributed by atoms with van der Waals surface area (Å²) in [6.07, 6.45) is 0. The Kier molecular flexibility index (Phi) is 2.67. The molecule has 2 heterocycles. The van der Waals surface area contributed by atoms with E-state index in [1.807, 2.05) is 25.1 Å². The van der Waals surface area contributed by atoms with Crippen molar-refractivity contribution in [1.82, 2.24) is 4.98 Å². The first-order valence-corrected chi connectivity index (χ1v) is 6.68. The summed E-state index contributed by atoms with van der Waals surface area (Å²) in [6.45, 7) is 4.09. The number of carbonyl (C=O) groups excluding carboxylic acids is 1. The van der Waals surface area contributed by atoms with Crippen LogP contribution in [0.25, 0.3) is 0 Å². The number of hydrogen-bond acceptors (Lipinski definition) is 4. The highest BCUT2D eigenvalue weighted by Gasteiger charge is 2.28. The van der Waals surface area contributed by atoms with E-state index in [1.165, 1.54) is 16.9 Å². The predicted molar refractivity (Wildman–Crippen MR) is 70.6 cm³/mol. The van der Waals surface area contributed by atoms with Gasteiger partial charge in [0, 0.05) is 12.5 Å². The topological polar surface area (TPSA) is 39.2 Å². The van der Waals surface area contributed by atoms with Crippen molar-refractivity contribution in [2.45, 2.75) is 19.8 Å². The Morgan fingerprint density at radius 1 is 1.44 bits per heavy atom. The summed E-state index contributed by atoms with van der Waals surface area (Å²) in [5, 5.41) is 0.975. The first kappa shape index (κ1) is 11.4. The van der Waals surface area contributed by atoms with Crippen LogP contribution in [0.4, 0.5) is 0 Å². The number of hydrogen-bond donors (Lipinski definition) is 0. The molecule has 0 bridgehead atoms. The molecule has 4 heteroatoms. The minimum atomic E-state index is 0.0865. The van der Waals surface area contributed by atoms with Gasteiger partial charge < -0.3 is 4.74 Å². The molecule has 92 valence electrons. The van der Waals surface area contributed by atoms with Crippen LogP contribution in [0, 0.1) is 6.92 Å². The molecule has 0 amide bonds. The number of rotatable bonds is 2. The Hall–Kier alpha value is -1.68. The van der Waals surface area contributed by atoms with Crippen molar-refractivity contribution in [3.05, 3.63) is 45.4 Å². The van der Waals surface area contributed by atoms with Crippen LogP contribution < -0.4 is 4.74 Å². The third-order valence-corrected chi connectivity index (χ3v) is 4.50. The lowest BCUT2D eigenvalue weighted by Crippen LogP contribution is -2.01. The quantitative estimate of drug-likeness (QED) is 0.778. The molecular formula is C14H13NO2S. The molecule has 0 N–H and O–H groups in total. The summed E-state index contributed by atoms with van der Waals surface area (Å²) >= 11 is 1.49. The van der Waals surface area contributed by atoms with Gasteiger partial charge in [0.2, 0.25) is 0 Å². The maximum atomic E-state index is 11.5. The summed E-state index contributed by atoms with van der Waals surface area (Å²) in [5.74, 6) is 1.18. The van der Waals surface area contributed by atoms with Crippen molar-refractivity contribution in [3.8, 4) is 5.75 Å². The van der Waals surface area contributed by atoms with Gasteiger partial charge in [0.1, 0.15) is 17.4 Å². The highest BCUT2D eigenvalue weighted by atomic mass is 32.1. The largest absolute Gasteiger partial charge is 0.492 e. The molecule has 1 unspecified atom stereocenters. The van der Waals surface area contributed by atoms with Crippen molar-refractivity contribution < 1.29 is 9.53 Å². The number of thiazole rings is 1. The number of ketones is 1. The SMILES string of the molecule is CC(=O)c1sc(C2COc3ccccc32)nc1C. The third-order valence-electron chi connectivity index (χ3n) is 3.13. The van der Waals surface area contributed by atoms with E-state index in [9.17, 15) is 4.79 Å². The zero-order valence-corrected chi connectivity index (χ0v) is 11.1. The molecule has 1 aromatic carbocycles. The second kappa shape index (κ2) is 4.21. The smallest absolute Gasteiger partial charge is 0.171 e. The van der Waals surface area contributed by atoms with Crippen molar-refractivity contribution in [2.75, 3.05) is 6.61 Å². The van der Waals surface area contributed by atoms with Crippen LogP contribution in [-0.4, -0.2) is 17.4 Å². The van der Waals surface area contributed by atoms with Crippen molar-refractivity contribution in [2.24, 2.45) is 0 Å². The number of carbonyl (C=O) groups is 1. The zero-order chi connectivity index (χ0) is 12.7. The highest BCUT2D eigenvalue weighted by molar-refractivity contribution is 7.14. The van der Waals surface area contributed by atoms with Gasteiger partial charge in [0.25, 0.3) is 0 Å². The van der Waals surface area contributed by atoms with Crippen LogP contribution in [0.3, 0.4) is 0 Å². The molecule has 2 aromatic rings. The average Bonchev–Trinajstić information content (AvgIpc) is 2.92. The standard InChI is InChI=1S/C14H13NO2S/c1-8-13(9(2)16)18-14(15-8)11-7-17-12-6-4-3-5-10(11)12/h3-6,11H,7H2,1-2H3. The lowest BCUT2D eigenvalue weighted by molar-refractivity contribution is 0.102. The number of para-hydroxylation sites is 1. The second-order valence-corrected chi connectivity index (χ2v) is 5.45. The lowest BCUT2D eigenvalue weighted by Gasteiger charge is -2.03. The van der Waals surface area contributed by atoms with Crippen LogP contribution in [0.2, 0.25) is 0 Å². The molecular weight excluding hydrogens is 246 g/mol. The summed E-state index contributed by atoms with van der Waals surface area (Å²) in [4.78, 5) is 16.8. The van der Waals surface area contributed by atoms with E-state index in [0.29, 0.717) is 6.61 Å². The van der Waals surface area contributed by atoms with Gasteiger partial charge in [-0.1, -0.05) is 18.2 Å². The van der Waals surface area contributed by atoms with Crippen molar-refractivity contribution >= 4 is 17.1 Å². The number of aryl methyl sites for hydroxylation is 1. The van der Waals surface area contributed by atoms with Gasteiger partial charge >= 0.3 is 0 Å². The number of nitrogens with zero attached hydrogens (tertiary/aromatic N) is 1. The van der Waals surface area contributed by atoms with E-state index in [-0.39, 0.29) is 11.7 Å². The summed E-state index contributed by atoms with van der Waals surface area (Å²) in [7, 11) is 0. The molecule has 0 radical (unpaired) electrons. The fourth-order valence-electron chi connectivity index (χ4n) is 2.26. The molecule has 1 atom stereocenters. The van der Waals surface area contributed by atoms with Gasteiger partial charge in [-0.3, -0.25) is 4.79 Å². The summed E-state index contributed by atoms with van der Waals surface area (Å²) < 4.78 is 5.66. The van der Waals surface area contributed by atoms with Crippen LogP contribution in [0.1, 0.15) is 38.8 Å². The maximum absolute atomic E-state index is 11.5. The Balaban J connectivity index is 2.03. The zero-order valence-electron chi connectivity index (χ0n) is 10.3. The van der Waals surface area contributed by atoms with Crippen LogP contribution in [0.5, 0.6) is 5.75 Å². The number of benzene rings is 1. The molecule has 0 spiro atoms. The van der Waals surface area contributed by atoms with E-state index in [4.69, 9.17) is 4.74 Å². The Labute approximate surface area is 109 Å². The predicted octanol–water partition coefficient (Wildman–Crippen LogP) is 3.18. The second-order valence-electron chi connectivity index (χ2n) is 4.42. The van der Waals surface area contributed by atoms with Crippen molar-refractivity contribution in [3.63, 3.8) is 0 Å². The van der Waals surface area contributed by atoms with Crippen LogP contribution >= 0.6 is 11.3 Å². The minimum Gasteiger partial charge on any atom is -0.492 e. The van der Waals surface area contributed by atoms with Gasteiger partial charge in [-0.25, -0.2) is 4.98 Å². The van der Waals surface area contributed by atoms with E-state index >= 15 is 0 Å². The summed E-state index contributed by atoms with van der Waals surface area (Å²) in [5.41, 5.74) is 1.99. The van der Waals surface area contributed by atoms with E-state index in [0.717, 1.165) is 21.3 Å². The van der Waals surface area contributed by atoms with Gasteiger partial charge in [-0.15, -0.1) is 11.3 Å². The fourth-order valence-corrected chi connectivity index (χ4v) is 3.33. The molecule has 0 saturated carbocycles. The Bertz CT molecular complexity index is 618. The monoisotopic (exact) mass is 259 g/mol. The minimum absolute atomic E-state index is 0.0865. The summed E-state index contributed by atoms with van der Waals surface area (Å²) in [6, 6.07) is 8.01. The van der Waals surface area contributed by atoms with Gasteiger partial charge in [0.05, 0.1) is 16.5 Å². The maximum Gasteiger partial charge on any atom is 0.171 e. The molecule has 0 fully saturated rings. The van der Waals surface area contributed by atoms with Gasteiger partial charge in [0.15, 0.2) is 5.78 Å². The molecule has 18 heavy (non-hydrogen) atoms. The molecule has 1 aliphatic heterocycles.